The van der Waals surface area contributed by atoms with Gasteiger partial charge in [0.25, 0.3) is 5.91 Å². The van der Waals surface area contributed by atoms with Crippen LogP contribution in [0.3, 0.4) is 0 Å². The van der Waals surface area contributed by atoms with Crippen LogP contribution in [0.15, 0.2) is 71.2 Å². The first-order valence-corrected chi connectivity index (χ1v) is 8.06. The number of nitrogens with zero attached hydrogens (tertiary/aromatic N) is 3. The topological polar surface area (TPSA) is 45.6 Å². The number of amidine groups is 1. The maximum absolute atomic E-state index is 13.0. The Hall–Kier alpha value is -2.73. The molecule has 4 nitrogen and oxygen atoms in total. The molecule has 0 atom stereocenters. The molecule has 0 unspecified atom stereocenters. The zero-order valence-electron chi connectivity index (χ0n) is 12.7. The Morgan fingerprint density at radius 1 is 1.25 bits per heavy atom. The number of carbonyl (C=O) groups excluding carboxylic acids is 1. The third-order valence-corrected chi connectivity index (χ3v) is 4.23. The first-order valence-electron chi connectivity index (χ1n) is 7.25. The number of thioether (sulfide) groups is 1. The van der Waals surface area contributed by atoms with E-state index in [-0.39, 0.29) is 11.7 Å². The Morgan fingerprint density at radius 3 is 2.71 bits per heavy atom. The average Bonchev–Trinajstić information content (AvgIpc) is 2.87. The highest BCUT2D eigenvalue weighted by atomic mass is 32.2. The van der Waals surface area contributed by atoms with Crippen molar-refractivity contribution in [1.82, 2.24) is 9.88 Å². The van der Waals surface area contributed by atoms with E-state index >= 15 is 0 Å². The van der Waals surface area contributed by atoms with Gasteiger partial charge < -0.3 is 0 Å². The SMILES string of the molecule is C=CCN1C(=O)/C(=C/c2ccc(F)cc2)S/C1=N/c1ccccn1. The minimum absolute atomic E-state index is 0.154. The van der Waals surface area contributed by atoms with E-state index in [1.165, 1.54) is 23.9 Å². The van der Waals surface area contributed by atoms with Crippen molar-refractivity contribution in [2.45, 2.75) is 0 Å². The molecule has 0 aliphatic carbocycles. The Morgan fingerprint density at radius 2 is 2.04 bits per heavy atom. The molecule has 1 saturated heterocycles. The fourth-order valence-electron chi connectivity index (χ4n) is 2.11. The van der Waals surface area contributed by atoms with Crippen molar-refractivity contribution in [3.05, 3.63) is 77.6 Å². The standard InChI is InChI=1S/C18H14FN3OS/c1-2-11-22-17(23)15(12-13-6-8-14(19)9-7-13)24-18(22)21-16-5-3-4-10-20-16/h2-10,12H,1,11H2/b15-12-,21-18+. The largest absolute Gasteiger partial charge is 0.282 e. The van der Waals surface area contributed by atoms with Crippen molar-refractivity contribution < 1.29 is 9.18 Å². The molecule has 0 saturated carbocycles. The number of benzene rings is 1. The molecule has 1 fully saturated rings. The minimum Gasteiger partial charge on any atom is -0.282 e. The second-order valence-electron chi connectivity index (χ2n) is 4.95. The van der Waals surface area contributed by atoms with Crippen LogP contribution < -0.4 is 0 Å². The Kier molecular flexibility index (Phi) is 4.86. The normalized spacial score (nSPS) is 17.7. The van der Waals surface area contributed by atoms with Crippen LogP contribution in [0.5, 0.6) is 0 Å². The summed E-state index contributed by atoms with van der Waals surface area (Å²) in [6, 6.07) is 11.4. The molecule has 120 valence electrons. The summed E-state index contributed by atoms with van der Waals surface area (Å²) in [6.07, 6.45) is 5.02. The predicted octanol–water partition coefficient (Wildman–Crippen LogP) is 4.01. The van der Waals surface area contributed by atoms with Gasteiger partial charge in [-0.1, -0.05) is 24.3 Å². The second-order valence-corrected chi connectivity index (χ2v) is 5.96. The van der Waals surface area contributed by atoms with Gasteiger partial charge in [-0.2, -0.15) is 0 Å². The molecule has 1 aromatic carbocycles. The molecular formula is C18H14FN3OS. The van der Waals surface area contributed by atoms with E-state index in [0.29, 0.717) is 22.4 Å². The van der Waals surface area contributed by atoms with Gasteiger partial charge in [-0.05, 0) is 47.7 Å². The molecule has 2 heterocycles. The van der Waals surface area contributed by atoms with Crippen LogP contribution in [0.4, 0.5) is 10.2 Å². The zero-order chi connectivity index (χ0) is 16.9. The van der Waals surface area contributed by atoms with E-state index in [2.05, 4.69) is 16.6 Å². The van der Waals surface area contributed by atoms with Crippen LogP contribution in [0.2, 0.25) is 0 Å². The molecule has 0 N–H and O–H groups in total. The first kappa shape index (κ1) is 16.1. The predicted molar refractivity (Wildman–Crippen MR) is 95.2 cm³/mol. The number of carbonyl (C=O) groups is 1. The van der Waals surface area contributed by atoms with Crippen molar-refractivity contribution >= 4 is 34.7 Å². The number of hydrogen-bond donors (Lipinski definition) is 0. The van der Waals surface area contributed by atoms with E-state index in [9.17, 15) is 9.18 Å². The molecule has 2 aromatic rings. The minimum atomic E-state index is -0.312. The van der Waals surface area contributed by atoms with Gasteiger partial charge in [-0.15, -0.1) is 6.58 Å². The highest BCUT2D eigenvalue weighted by molar-refractivity contribution is 8.18. The van der Waals surface area contributed by atoms with Crippen LogP contribution in [0.1, 0.15) is 5.56 Å². The van der Waals surface area contributed by atoms with Gasteiger partial charge in [0, 0.05) is 12.7 Å². The van der Waals surface area contributed by atoms with Crippen molar-refractivity contribution in [3.63, 3.8) is 0 Å². The molecule has 6 heteroatoms. The lowest BCUT2D eigenvalue weighted by atomic mass is 10.2. The van der Waals surface area contributed by atoms with Gasteiger partial charge in [-0.25, -0.2) is 14.4 Å². The number of rotatable bonds is 4. The lowest BCUT2D eigenvalue weighted by Gasteiger charge is -2.12. The molecule has 0 radical (unpaired) electrons. The fourth-order valence-corrected chi connectivity index (χ4v) is 3.11. The number of hydrogen-bond acceptors (Lipinski definition) is 4. The Balaban J connectivity index is 1.93. The molecule has 0 bridgehead atoms. The molecule has 1 aliphatic heterocycles. The van der Waals surface area contributed by atoms with Gasteiger partial charge in [-0.3, -0.25) is 9.69 Å². The van der Waals surface area contributed by atoms with Crippen molar-refractivity contribution in [2.24, 2.45) is 4.99 Å². The number of pyridine rings is 1. The van der Waals surface area contributed by atoms with Crippen LogP contribution in [-0.2, 0) is 4.79 Å². The molecule has 0 spiro atoms. The molecule has 1 aromatic heterocycles. The number of aliphatic imine (C=N–C) groups is 1. The Bertz CT molecular complexity index is 816. The monoisotopic (exact) mass is 339 g/mol. The molecule has 1 aliphatic rings. The van der Waals surface area contributed by atoms with Gasteiger partial charge in [0.05, 0.1) is 4.91 Å². The molecule has 24 heavy (non-hydrogen) atoms. The summed E-state index contributed by atoms with van der Waals surface area (Å²) in [5, 5.41) is 0.548. The smallest absolute Gasteiger partial charge is 0.267 e. The van der Waals surface area contributed by atoms with E-state index < -0.39 is 0 Å². The van der Waals surface area contributed by atoms with Crippen LogP contribution in [0, 0.1) is 5.82 Å². The molecule has 3 rings (SSSR count). The van der Waals surface area contributed by atoms with E-state index in [4.69, 9.17) is 0 Å². The lowest BCUT2D eigenvalue weighted by Crippen LogP contribution is -2.29. The summed E-state index contributed by atoms with van der Waals surface area (Å²) in [4.78, 5) is 23.2. The third kappa shape index (κ3) is 3.60. The van der Waals surface area contributed by atoms with Gasteiger partial charge in [0.2, 0.25) is 0 Å². The van der Waals surface area contributed by atoms with Crippen LogP contribution >= 0.6 is 11.8 Å². The van der Waals surface area contributed by atoms with E-state index in [1.807, 2.05) is 6.07 Å². The van der Waals surface area contributed by atoms with Crippen molar-refractivity contribution in [2.75, 3.05) is 6.54 Å². The number of halogens is 1. The highest BCUT2D eigenvalue weighted by Gasteiger charge is 2.32. The van der Waals surface area contributed by atoms with Crippen molar-refractivity contribution in [3.8, 4) is 0 Å². The molecular weight excluding hydrogens is 325 g/mol. The first-order chi connectivity index (χ1) is 11.7. The number of aromatic nitrogens is 1. The summed E-state index contributed by atoms with van der Waals surface area (Å²) in [7, 11) is 0. The third-order valence-electron chi connectivity index (χ3n) is 3.23. The second kappa shape index (κ2) is 7.23. The van der Waals surface area contributed by atoms with E-state index in [0.717, 1.165) is 5.56 Å². The fraction of sp³-hybridized carbons (Fsp3) is 0.0556. The van der Waals surface area contributed by atoms with Crippen molar-refractivity contribution in [1.29, 1.82) is 0 Å². The summed E-state index contributed by atoms with van der Waals surface area (Å²) < 4.78 is 13.0. The summed E-state index contributed by atoms with van der Waals surface area (Å²) in [5.41, 5.74) is 0.755. The Labute approximate surface area is 143 Å². The van der Waals surface area contributed by atoms with Gasteiger partial charge in [0.15, 0.2) is 11.0 Å². The quantitative estimate of drug-likeness (QED) is 0.624. The van der Waals surface area contributed by atoms with Crippen LogP contribution in [0.25, 0.3) is 6.08 Å². The summed E-state index contributed by atoms with van der Waals surface area (Å²) in [6.45, 7) is 4.04. The average molecular weight is 339 g/mol. The maximum atomic E-state index is 13.0. The van der Waals surface area contributed by atoms with Crippen LogP contribution in [-0.4, -0.2) is 27.5 Å². The maximum Gasteiger partial charge on any atom is 0.267 e. The van der Waals surface area contributed by atoms with Gasteiger partial charge in [0.1, 0.15) is 5.82 Å². The summed E-state index contributed by atoms with van der Waals surface area (Å²) in [5.74, 6) is 0.0667. The lowest BCUT2D eigenvalue weighted by molar-refractivity contribution is -0.121. The number of amides is 1. The molecule has 1 amide bonds. The van der Waals surface area contributed by atoms with Gasteiger partial charge >= 0.3 is 0 Å². The van der Waals surface area contributed by atoms with E-state index in [1.54, 1.807) is 47.5 Å². The zero-order valence-corrected chi connectivity index (χ0v) is 13.5. The highest BCUT2D eigenvalue weighted by Crippen LogP contribution is 2.33. The summed E-state index contributed by atoms with van der Waals surface area (Å²) >= 11 is 1.27.